The van der Waals surface area contributed by atoms with Crippen molar-refractivity contribution in [1.82, 2.24) is 19.5 Å². The lowest BCUT2D eigenvalue weighted by Crippen LogP contribution is -2.39. The smallest absolute Gasteiger partial charge is 0.280 e. The van der Waals surface area contributed by atoms with E-state index < -0.39 is 50.7 Å². The Morgan fingerprint density at radius 3 is 2.26 bits per heavy atom. The van der Waals surface area contributed by atoms with E-state index >= 15 is 4.39 Å². The van der Waals surface area contributed by atoms with E-state index in [4.69, 9.17) is 33.3 Å². The number of nitrogens with one attached hydrogen (secondary N) is 2. The first kappa shape index (κ1) is 38.5. The van der Waals surface area contributed by atoms with Gasteiger partial charge in [0, 0.05) is 5.92 Å². The van der Waals surface area contributed by atoms with Crippen LogP contribution in [0.4, 0.5) is 10.3 Å². The summed E-state index contributed by atoms with van der Waals surface area (Å²) >= 11 is 0. The summed E-state index contributed by atoms with van der Waals surface area (Å²) in [6.45, 7) is 3.30. The van der Waals surface area contributed by atoms with Gasteiger partial charge < -0.3 is 28.0 Å². The molecular formula is C38H40FN6O8P. The number of amides is 1. The van der Waals surface area contributed by atoms with Crippen LogP contribution in [0, 0.1) is 17.2 Å². The molecule has 5 atom stereocenters. The molecule has 16 heteroatoms. The number of imidazole rings is 1. The van der Waals surface area contributed by atoms with E-state index in [1.54, 1.807) is 28.1 Å². The number of halogens is 1. The molecular weight excluding hydrogens is 718 g/mol. The molecule has 2 aromatic heterocycles. The molecule has 0 radical (unpaired) electrons. The minimum absolute atomic E-state index is 0.00593. The molecule has 282 valence electrons. The molecule has 2 N–H and O–H groups in total. The van der Waals surface area contributed by atoms with Crippen molar-refractivity contribution in [3.8, 4) is 17.6 Å². The number of fused-ring (bicyclic) bond motifs is 1. The predicted molar refractivity (Wildman–Crippen MR) is 198 cm³/mol. The molecule has 14 nitrogen and oxygen atoms in total. The van der Waals surface area contributed by atoms with Crippen molar-refractivity contribution in [3.05, 3.63) is 112 Å². The average Bonchev–Trinajstić information content (AvgIpc) is 3.76. The van der Waals surface area contributed by atoms with Crippen LogP contribution in [0.1, 0.15) is 43.2 Å². The fourth-order valence-corrected chi connectivity index (χ4v) is 6.78. The Bertz CT molecular complexity index is 2080. The van der Waals surface area contributed by atoms with Gasteiger partial charge in [-0.15, -0.1) is 0 Å². The van der Waals surface area contributed by atoms with Gasteiger partial charge in [0.05, 0.1) is 46.3 Å². The quantitative estimate of drug-likeness (QED) is 0.0708. The maximum atomic E-state index is 16.8. The van der Waals surface area contributed by atoms with Crippen molar-refractivity contribution in [1.29, 1.82) is 5.26 Å². The number of benzene rings is 3. The molecule has 1 fully saturated rings. The normalized spacial score (nSPS) is 18.7. The third kappa shape index (κ3) is 7.99. The third-order valence-electron chi connectivity index (χ3n) is 8.94. The van der Waals surface area contributed by atoms with Gasteiger partial charge in [-0.2, -0.15) is 10.2 Å². The summed E-state index contributed by atoms with van der Waals surface area (Å²) in [4.78, 5) is 36.5. The van der Waals surface area contributed by atoms with Crippen LogP contribution in [-0.4, -0.2) is 71.2 Å². The SMILES string of the molecule is COc1ccc(C(OC[C@H]2O[C@@H](n3cnc4c(=O)[nH]c(NC(=O)C(C)C)nc43)[C@H](F)[C@@H]2OPOCCC#N)(c2ccccc2)c2ccc(OC)cc2)cc1. The highest BCUT2D eigenvalue weighted by Gasteiger charge is 2.49. The number of nitrogens with zero attached hydrogens (tertiary/aromatic N) is 4. The van der Waals surface area contributed by atoms with E-state index in [0.29, 0.717) is 11.5 Å². The largest absolute Gasteiger partial charge is 0.497 e. The van der Waals surface area contributed by atoms with Crippen molar-refractivity contribution in [2.75, 3.05) is 32.8 Å². The fraction of sp³-hybridized carbons (Fsp3) is 0.342. The first-order valence-electron chi connectivity index (χ1n) is 17.1. The predicted octanol–water partition coefficient (Wildman–Crippen LogP) is 5.80. The van der Waals surface area contributed by atoms with Gasteiger partial charge in [0.1, 0.15) is 29.3 Å². The maximum absolute atomic E-state index is 16.8. The number of carbonyl (C=O) groups is 1. The summed E-state index contributed by atoms with van der Waals surface area (Å²) in [5.41, 5.74) is 0.338. The van der Waals surface area contributed by atoms with E-state index in [1.165, 1.54) is 10.9 Å². The summed E-state index contributed by atoms with van der Waals surface area (Å²) in [5.74, 6) is 0.416. The van der Waals surface area contributed by atoms with Crippen molar-refractivity contribution in [2.24, 2.45) is 5.92 Å². The van der Waals surface area contributed by atoms with Crippen LogP contribution in [0.25, 0.3) is 11.2 Å². The topological polar surface area (TPSA) is 172 Å². The Balaban J connectivity index is 1.40. The van der Waals surface area contributed by atoms with Crippen LogP contribution < -0.4 is 20.3 Å². The zero-order valence-electron chi connectivity index (χ0n) is 30.0. The molecule has 3 aromatic carbocycles. The molecule has 1 aliphatic heterocycles. The van der Waals surface area contributed by atoms with Crippen molar-refractivity contribution < 1.29 is 37.2 Å². The lowest BCUT2D eigenvalue weighted by Gasteiger charge is -2.37. The van der Waals surface area contributed by atoms with Gasteiger partial charge in [-0.1, -0.05) is 68.4 Å². The van der Waals surface area contributed by atoms with E-state index in [2.05, 4.69) is 20.3 Å². The van der Waals surface area contributed by atoms with Crippen LogP contribution in [0.2, 0.25) is 0 Å². The first-order valence-corrected chi connectivity index (χ1v) is 18.0. The third-order valence-corrected chi connectivity index (χ3v) is 9.63. The number of carbonyl (C=O) groups excluding carboxylic acids is 1. The standard InChI is InChI=1S/C38H40FN6O8P/c1-23(2)34(46)43-37-42-33-31(35(47)44-37)41-22-45(33)36-30(39)32(53-54-51-20-8-19-40)29(52-36)21-50-38(24-9-6-5-7-10-24,25-11-15-27(48-3)16-12-25)26-13-17-28(49-4)18-14-26/h5-7,9-18,22-23,29-30,32,36,54H,8,20-21H2,1-4H3,(H2,42,43,44,46,47)/t29-,30-,32-,36-/m1/s1. The molecule has 3 heterocycles. The van der Waals surface area contributed by atoms with E-state index in [0.717, 1.165) is 16.7 Å². The highest BCUT2D eigenvalue weighted by Crippen LogP contribution is 2.44. The Hall–Kier alpha value is -5.23. The number of anilines is 1. The Kier molecular flexibility index (Phi) is 12.3. The molecule has 0 spiro atoms. The highest BCUT2D eigenvalue weighted by atomic mass is 31.1. The zero-order valence-corrected chi connectivity index (χ0v) is 31.0. The van der Waals surface area contributed by atoms with E-state index in [9.17, 15) is 9.59 Å². The fourth-order valence-electron chi connectivity index (χ4n) is 6.13. The summed E-state index contributed by atoms with van der Waals surface area (Å²) < 4.78 is 53.9. The molecule has 6 rings (SSSR count). The average molecular weight is 759 g/mol. The minimum Gasteiger partial charge on any atom is -0.497 e. The second kappa shape index (κ2) is 17.3. The van der Waals surface area contributed by atoms with Crippen LogP contribution in [0.5, 0.6) is 11.5 Å². The van der Waals surface area contributed by atoms with Gasteiger partial charge in [-0.3, -0.25) is 24.5 Å². The molecule has 0 bridgehead atoms. The summed E-state index contributed by atoms with van der Waals surface area (Å²) in [5, 5.41) is 11.5. The number of hydrogen-bond acceptors (Lipinski definition) is 11. The number of ether oxygens (including phenoxy) is 4. The highest BCUT2D eigenvalue weighted by molar-refractivity contribution is 7.26. The Labute approximate surface area is 312 Å². The Morgan fingerprint density at radius 1 is 1.04 bits per heavy atom. The number of aromatic amines is 1. The van der Waals surface area contributed by atoms with Crippen LogP contribution >= 0.6 is 9.03 Å². The van der Waals surface area contributed by atoms with E-state index in [1.807, 2.05) is 84.9 Å². The monoisotopic (exact) mass is 758 g/mol. The molecule has 1 saturated heterocycles. The van der Waals surface area contributed by atoms with Gasteiger partial charge in [0.25, 0.3) is 5.56 Å². The number of hydrogen-bond donors (Lipinski definition) is 2. The van der Waals surface area contributed by atoms with E-state index in [-0.39, 0.29) is 42.7 Å². The molecule has 1 unspecified atom stereocenters. The Morgan fingerprint density at radius 2 is 1.67 bits per heavy atom. The summed E-state index contributed by atoms with van der Waals surface area (Å²) in [6, 6.07) is 26.6. The number of methoxy groups -OCH3 is 2. The molecule has 1 amide bonds. The summed E-state index contributed by atoms with van der Waals surface area (Å²) in [6.07, 6.45) is -4.06. The second-order valence-electron chi connectivity index (χ2n) is 12.6. The number of H-pyrrole nitrogens is 1. The molecule has 54 heavy (non-hydrogen) atoms. The first-order chi connectivity index (χ1) is 26.2. The maximum Gasteiger partial charge on any atom is 0.280 e. The molecule has 0 aliphatic carbocycles. The molecule has 0 saturated carbocycles. The number of rotatable bonds is 16. The van der Waals surface area contributed by atoms with Crippen molar-refractivity contribution >= 4 is 32.1 Å². The van der Waals surface area contributed by atoms with Gasteiger partial charge in [0.15, 0.2) is 32.6 Å². The van der Waals surface area contributed by atoms with Gasteiger partial charge in [0.2, 0.25) is 11.9 Å². The minimum atomic E-state index is -1.83. The van der Waals surface area contributed by atoms with Crippen LogP contribution in [-0.2, 0) is 28.9 Å². The lowest BCUT2D eigenvalue weighted by atomic mass is 9.80. The van der Waals surface area contributed by atoms with Gasteiger partial charge >= 0.3 is 0 Å². The molecule has 1 aliphatic rings. The lowest BCUT2D eigenvalue weighted by molar-refractivity contribution is -0.118. The van der Waals surface area contributed by atoms with Crippen LogP contribution in [0.3, 0.4) is 0 Å². The second-order valence-corrected chi connectivity index (χ2v) is 13.3. The number of aromatic nitrogens is 4. The van der Waals surface area contributed by atoms with Gasteiger partial charge in [-0.05, 0) is 41.0 Å². The van der Waals surface area contributed by atoms with Crippen LogP contribution in [0.15, 0.2) is 90.0 Å². The number of nitriles is 1. The van der Waals surface area contributed by atoms with Gasteiger partial charge in [-0.25, -0.2) is 9.37 Å². The van der Waals surface area contributed by atoms with Crippen molar-refractivity contribution in [3.63, 3.8) is 0 Å². The summed E-state index contributed by atoms with van der Waals surface area (Å²) in [7, 11) is 2.56. The number of alkyl halides is 1. The van der Waals surface area contributed by atoms with Crippen molar-refractivity contribution in [2.45, 2.75) is 50.5 Å². The molecule has 5 aromatic rings. The zero-order chi connectivity index (χ0) is 38.2.